The maximum absolute atomic E-state index is 13.8. The van der Waals surface area contributed by atoms with Crippen LogP contribution in [-0.2, 0) is 17.2 Å². The third-order valence-corrected chi connectivity index (χ3v) is 4.90. The Morgan fingerprint density at radius 3 is 2.15 bits per heavy atom. The normalized spacial score (nSPS) is 13.5. The van der Waals surface area contributed by atoms with Crippen LogP contribution < -0.4 is 5.90 Å². The second kappa shape index (κ2) is 8.22. The maximum Gasteiger partial charge on any atom is 0.418 e. The van der Waals surface area contributed by atoms with Crippen molar-refractivity contribution in [2.45, 2.75) is 33.1 Å². The summed E-state index contributed by atoms with van der Waals surface area (Å²) in [6, 6.07) is 4.79. The average Bonchev–Trinajstić information content (AvgIpc) is 3.12. The fourth-order valence-electron chi connectivity index (χ4n) is 2.95. The van der Waals surface area contributed by atoms with Gasteiger partial charge in [0.1, 0.15) is 0 Å². The van der Waals surface area contributed by atoms with E-state index in [1.165, 1.54) is 12.1 Å². The lowest BCUT2D eigenvalue weighted by Crippen LogP contribution is -2.10. The number of imidazole rings is 1. The Bertz CT molecular complexity index is 1230. The molecule has 0 bridgehead atoms. The summed E-state index contributed by atoms with van der Waals surface area (Å²) in [5.74, 6) is 5.00. The van der Waals surface area contributed by atoms with E-state index < -0.39 is 51.3 Å². The van der Waals surface area contributed by atoms with Gasteiger partial charge in [0.05, 0.1) is 22.3 Å². The summed E-state index contributed by atoms with van der Waals surface area (Å²) in [6.45, 7) is 9.44. The molecule has 2 aromatic heterocycles. The first-order valence-electron chi connectivity index (χ1n) is 9.55. The molecule has 3 N–H and O–H groups in total. The number of nitrogens with zero attached hydrogens (tertiary/aromatic N) is 2. The lowest BCUT2D eigenvalue weighted by molar-refractivity contribution is -0.137. The standard InChI is InChI=1S/C22H20F6N4O/c1-11(20(2,3)4)9-16(33-29)18-31-17-14(22(26,27)28)10-15(30-19(17)32-18)12-7-5-6-8-13(12)21(23,24)25/h5-10H,1,29H2,2-4H3,(H,30,31,32)/b16-9-. The Kier molecular flexibility index (Phi) is 6.05. The molecule has 3 aromatic rings. The molecule has 5 nitrogen and oxygen atoms in total. The Morgan fingerprint density at radius 2 is 1.61 bits per heavy atom. The predicted octanol–water partition coefficient (Wildman–Crippen LogP) is 6.50. The zero-order valence-electron chi connectivity index (χ0n) is 17.8. The second-order valence-corrected chi connectivity index (χ2v) is 8.28. The molecule has 0 aliphatic rings. The lowest BCUT2D eigenvalue weighted by atomic mass is 9.87. The summed E-state index contributed by atoms with van der Waals surface area (Å²) in [6.07, 6.45) is -8.29. The average molecular weight is 470 g/mol. The third kappa shape index (κ3) is 5.03. The van der Waals surface area contributed by atoms with E-state index in [9.17, 15) is 26.3 Å². The minimum absolute atomic E-state index is 0.113. The van der Waals surface area contributed by atoms with E-state index in [0.717, 1.165) is 18.2 Å². The molecule has 0 aliphatic carbocycles. The van der Waals surface area contributed by atoms with Crippen LogP contribution in [0.4, 0.5) is 26.3 Å². The van der Waals surface area contributed by atoms with Crippen LogP contribution in [0.25, 0.3) is 28.2 Å². The topological polar surface area (TPSA) is 76.8 Å². The Hall–Kier alpha value is -3.34. The zero-order chi connectivity index (χ0) is 24.8. The van der Waals surface area contributed by atoms with Gasteiger partial charge in [0.15, 0.2) is 17.2 Å². The molecule has 11 heteroatoms. The number of nitrogens with two attached hydrogens (primary N) is 1. The second-order valence-electron chi connectivity index (χ2n) is 8.28. The van der Waals surface area contributed by atoms with Crippen molar-refractivity contribution in [1.29, 1.82) is 0 Å². The van der Waals surface area contributed by atoms with Gasteiger partial charge in [-0.05, 0) is 29.2 Å². The van der Waals surface area contributed by atoms with Crippen LogP contribution in [0.5, 0.6) is 0 Å². The van der Waals surface area contributed by atoms with E-state index in [4.69, 9.17) is 10.7 Å². The number of aromatic amines is 1. The van der Waals surface area contributed by atoms with Crippen molar-refractivity contribution in [3.8, 4) is 11.3 Å². The fraction of sp³-hybridized carbons (Fsp3) is 0.273. The molecule has 3 rings (SSSR count). The molecule has 0 atom stereocenters. The van der Waals surface area contributed by atoms with Gasteiger partial charge in [0.2, 0.25) is 0 Å². The number of rotatable bonds is 4. The van der Waals surface area contributed by atoms with E-state index >= 15 is 0 Å². The van der Waals surface area contributed by atoms with Crippen LogP contribution in [0.15, 0.2) is 48.6 Å². The number of H-pyrrole nitrogens is 1. The first-order chi connectivity index (χ1) is 15.1. The van der Waals surface area contributed by atoms with Gasteiger partial charge in [0.25, 0.3) is 0 Å². The highest BCUT2D eigenvalue weighted by Crippen LogP contribution is 2.40. The summed E-state index contributed by atoms with van der Waals surface area (Å²) >= 11 is 0. The minimum Gasteiger partial charge on any atom is -0.408 e. The molecule has 33 heavy (non-hydrogen) atoms. The molecule has 0 fully saturated rings. The first-order valence-corrected chi connectivity index (χ1v) is 9.55. The highest BCUT2D eigenvalue weighted by atomic mass is 19.4. The Balaban J connectivity index is 2.27. The van der Waals surface area contributed by atoms with Gasteiger partial charge in [-0.2, -0.15) is 32.2 Å². The molecule has 0 amide bonds. The summed E-state index contributed by atoms with van der Waals surface area (Å²) in [5, 5.41) is 0. The number of fused-ring (bicyclic) bond motifs is 1. The van der Waals surface area contributed by atoms with Gasteiger partial charge in [-0.3, -0.25) is 0 Å². The maximum atomic E-state index is 13.8. The Labute approximate surface area is 184 Å². The highest BCUT2D eigenvalue weighted by Gasteiger charge is 2.37. The molecule has 0 saturated carbocycles. The van der Waals surface area contributed by atoms with Crippen molar-refractivity contribution in [3.63, 3.8) is 0 Å². The van der Waals surface area contributed by atoms with Gasteiger partial charge in [0, 0.05) is 5.56 Å². The van der Waals surface area contributed by atoms with Crippen molar-refractivity contribution >= 4 is 16.9 Å². The summed E-state index contributed by atoms with van der Waals surface area (Å²) in [4.78, 5) is 15.2. The number of benzene rings is 1. The number of nitrogens with one attached hydrogen (secondary N) is 1. The van der Waals surface area contributed by atoms with Crippen LogP contribution in [0.3, 0.4) is 0 Å². The molecule has 0 spiro atoms. The number of aromatic nitrogens is 3. The predicted molar refractivity (Wildman–Crippen MR) is 111 cm³/mol. The van der Waals surface area contributed by atoms with Crippen molar-refractivity contribution in [3.05, 3.63) is 65.5 Å². The quantitative estimate of drug-likeness (QED) is 0.198. The van der Waals surface area contributed by atoms with E-state index in [2.05, 4.69) is 21.5 Å². The minimum atomic E-state index is -4.91. The summed E-state index contributed by atoms with van der Waals surface area (Å²) < 4.78 is 81.8. The molecule has 0 unspecified atom stereocenters. The van der Waals surface area contributed by atoms with E-state index in [1.807, 2.05) is 20.8 Å². The van der Waals surface area contributed by atoms with Gasteiger partial charge in [-0.1, -0.05) is 45.5 Å². The molecule has 0 saturated heterocycles. The number of allylic oxidation sites excluding steroid dienone is 2. The van der Waals surface area contributed by atoms with Gasteiger partial charge >= 0.3 is 12.4 Å². The molecular weight excluding hydrogens is 450 g/mol. The SMILES string of the molecule is C=C(/C=C(\ON)c1nc2nc(-c3ccccc3C(F)(F)F)cc(C(F)(F)F)c2[nH]1)C(C)(C)C. The summed E-state index contributed by atoms with van der Waals surface area (Å²) in [5.41, 5.74) is -4.21. The zero-order valence-corrected chi connectivity index (χ0v) is 17.8. The summed E-state index contributed by atoms with van der Waals surface area (Å²) in [7, 11) is 0. The molecular formula is C22H20F6N4O. The molecule has 0 radical (unpaired) electrons. The van der Waals surface area contributed by atoms with Crippen LogP contribution in [0.1, 0.15) is 37.7 Å². The number of hydrogen-bond donors (Lipinski definition) is 2. The monoisotopic (exact) mass is 470 g/mol. The van der Waals surface area contributed by atoms with Crippen molar-refractivity contribution in [2.75, 3.05) is 0 Å². The van der Waals surface area contributed by atoms with Crippen molar-refractivity contribution in [2.24, 2.45) is 11.3 Å². The van der Waals surface area contributed by atoms with Crippen LogP contribution in [0.2, 0.25) is 0 Å². The van der Waals surface area contributed by atoms with Gasteiger partial charge in [-0.25, -0.2) is 9.97 Å². The largest absolute Gasteiger partial charge is 0.418 e. The fourth-order valence-corrected chi connectivity index (χ4v) is 2.95. The lowest BCUT2D eigenvalue weighted by Gasteiger charge is -2.19. The first kappa shape index (κ1) is 24.3. The Morgan fingerprint density at radius 1 is 1.00 bits per heavy atom. The van der Waals surface area contributed by atoms with E-state index in [1.54, 1.807) is 0 Å². The number of pyridine rings is 1. The van der Waals surface area contributed by atoms with Crippen molar-refractivity contribution < 1.29 is 31.2 Å². The highest BCUT2D eigenvalue weighted by molar-refractivity contribution is 5.82. The van der Waals surface area contributed by atoms with E-state index in [-0.39, 0.29) is 11.6 Å². The van der Waals surface area contributed by atoms with Gasteiger partial charge in [-0.15, -0.1) is 0 Å². The molecule has 0 aliphatic heterocycles. The van der Waals surface area contributed by atoms with Crippen LogP contribution in [-0.4, -0.2) is 15.0 Å². The van der Waals surface area contributed by atoms with Gasteiger partial charge < -0.3 is 9.82 Å². The third-order valence-electron chi connectivity index (χ3n) is 4.90. The van der Waals surface area contributed by atoms with Crippen LogP contribution >= 0.6 is 0 Å². The molecule has 176 valence electrons. The van der Waals surface area contributed by atoms with Crippen LogP contribution in [0, 0.1) is 5.41 Å². The number of halogens is 6. The number of alkyl halides is 6. The van der Waals surface area contributed by atoms with Crippen molar-refractivity contribution in [1.82, 2.24) is 15.0 Å². The van der Waals surface area contributed by atoms with E-state index in [0.29, 0.717) is 11.6 Å². The molecule has 2 heterocycles. The smallest absolute Gasteiger partial charge is 0.408 e. The number of hydrogen-bond acceptors (Lipinski definition) is 4. The molecule has 1 aromatic carbocycles.